The molecule has 3 N–H and O–H groups in total. The van der Waals surface area contributed by atoms with Gasteiger partial charge in [-0.3, -0.25) is 0 Å². The molecule has 2 rings (SSSR count). The van der Waals surface area contributed by atoms with Gasteiger partial charge in [-0.25, -0.2) is 13.1 Å². The fraction of sp³-hybridized carbons (Fsp3) is 0.714. The molecule has 0 saturated heterocycles. The van der Waals surface area contributed by atoms with Gasteiger partial charge < -0.3 is 10.6 Å². The van der Waals surface area contributed by atoms with Gasteiger partial charge in [0.1, 0.15) is 4.90 Å². The molecule has 1 aromatic heterocycles. The number of nitrogens with two attached hydrogens (primary N) is 1. The molecule has 7 heteroatoms. The van der Waals surface area contributed by atoms with Gasteiger partial charge in [-0.15, -0.1) is 11.3 Å². The Bertz CT molecular complexity index is 563. The minimum Gasteiger partial charge on any atom is -0.326 e. The summed E-state index contributed by atoms with van der Waals surface area (Å²) in [7, 11) is -1.38. The van der Waals surface area contributed by atoms with E-state index >= 15 is 0 Å². The van der Waals surface area contributed by atoms with Gasteiger partial charge in [0.05, 0.1) is 0 Å². The van der Waals surface area contributed by atoms with Crippen molar-refractivity contribution in [2.45, 2.75) is 50.1 Å². The third-order valence-corrected chi connectivity index (χ3v) is 7.09. The third kappa shape index (κ3) is 4.04. The molecule has 1 heterocycles. The van der Waals surface area contributed by atoms with Crippen molar-refractivity contribution in [3.8, 4) is 0 Å². The summed E-state index contributed by atoms with van der Waals surface area (Å²) < 4.78 is 27.5. The van der Waals surface area contributed by atoms with Crippen LogP contribution in [0.5, 0.6) is 0 Å². The molecular formula is C14H25N3O2S2. The maximum absolute atomic E-state index is 12.4. The Kier molecular flexibility index (Phi) is 5.79. The normalized spacial score (nSPS) is 17.0. The highest BCUT2D eigenvalue weighted by Crippen LogP contribution is 2.26. The van der Waals surface area contributed by atoms with Crippen molar-refractivity contribution in [3.05, 3.63) is 15.8 Å². The summed E-state index contributed by atoms with van der Waals surface area (Å²) in [6.07, 6.45) is 5.03. The minimum atomic E-state index is -3.46. The van der Waals surface area contributed by atoms with Crippen LogP contribution in [0.25, 0.3) is 0 Å². The average Bonchev–Trinajstić information content (AvgIpc) is 3.07. The van der Waals surface area contributed by atoms with Gasteiger partial charge in [0.15, 0.2) is 0 Å². The van der Waals surface area contributed by atoms with Gasteiger partial charge in [0, 0.05) is 30.6 Å². The number of hydrogen-bond acceptors (Lipinski definition) is 5. The molecule has 0 radical (unpaired) electrons. The lowest BCUT2D eigenvalue weighted by Gasteiger charge is -2.23. The van der Waals surface area contributed by atoms with Crippen LogP contribution >= 0.6 is 11.3 Å². The van der Waals surface area contributed by atoms with Crippen LogP contribution in [0.4, 0.5) is 0 Å². The summed E-state index contributed by atoms with van der Waals surface area (Å²) in [6.45, 7) is 3.26. The monoisotopic (exact) mass is 331 g/mol. The molecule has 0 spiro atoms. The highest BCUT2D eigenvalue weighted by molar-refractivity contribution is 7.89. The van der Waals surface area contributed by atoms with E-state index in [-0.39, 0.29) is 6.54 Å². The second-order valence-corrected chi connectivity index (χ2v) is 8.36. The maximum atomic E-state index is 12.4. The number of aryl methyl sites for hydroxylation is 1. The minimum absolute atomic E-state index is 0.261. The third-order valence-electron chi connectivity index (χ3n) is 4.15. The Labute approximate surface area is 131 Å². The summed E-state index contributed by atoms with van der Waals surface area (Å²) in [5, 5.41) is 1.85. The topological polar surface area (TPSA) is 75.4 Å². The molecule has 0 atom stereocenters. The van der Waals surface area contributed by atoms with E-state index in [4.69, 9.17) is 5.73 Å². The van der Waals surface area contributed by atoms with Crippen molar-refractivity contribution in [3.63, 3.8) is 0 Å². The first kappa shape index (κ1) is 16.9. The number of nitrogens with zero attached hydrogens (tertiary/aromatic N) is 1. The zero-order valence-corrected chi connectivity index (χ0v) is 14.4. The van der Waals surface area contributed by atoms with Crippen molar-refractivity contribution in [2.24, 2.45) is 5.73 Å². The van der Waals surface area contributed by atoms with Crippen LogP contribution in [0.15, 0.2) is 10.3 Å². The Morgan fingerprint density at radius 2 is 2.10 bits per heavy atom. The van der Waals surface area contributed by atoms with E-state index in [9.17, 15) is 8.42 Å². The van der Waals surface area contributed by atoms with E-state index in [1.165, 1.54) is 37.0 Å². The van der Waals surface area contributed by atoms with Gasteiger partial charge in [0.25, 0.3) is 0 Å². The molecule has 1 fully saturated rings. The van der Waals surface area contributed by atoms with Crippen molar-refractivity contribution < 1.29 is 8.42 Å². The quantitative estimate of drug-likeness (QED) is 0.797. The smallest absolute Gasteiger partial charge is 0.242 e. The van der Waals surface area contributed by atoms with Crippen LogP contribution in [0.2, 0.25) is 0 Å². The molecule has 21 heavy (non-hydrogen) atoms. The van der Waals surface area contributed by atoms with Crippen LogP contribution < -0.4 is 10.5 Å². The van der Waals surface area contributed by atoms with Gasteiger partial charge >= 0.3 is 0 Å². The average molecular weight is 332 g/mol. The highest BCUT2D eigenvalue weighted by atomic mass is 32.2. The van der Waals surface area contributed by atoms with E-state index < -0.39 is 10.0 Å². The predicted octanol–water partition coefficient (Wildman–Crippen LogP) is 1.67. The molecule has 1 aliphatic rings. The number of sulfonamides is 1. The summed E-state index contributed by atoms with van der Waals surface area (Å²) in [5.41, 5.74) is 6.41. The van der Waals surface area contributed by atoms with Gasteiger partial charge in [0.2, 0.25) is 10.0 Å². The van der Waals surface area contributed by atoms with E-state index in [0.717, 1.165) is 17.0 Å². The summed E-state index contributed by atoms with van der Waals surface area (Å²) >= 11 is 1.41. The largest absolute Gasteiger partial charge is 0.326 e. The van der Waals surface area contributed by atoms with Crippen LogP contribution in [-0.2, 0) is 16.6 Å². The van der Waals surface area contributed by atoms with Crippen LogP contribution in [0.1, 0.15) is 36.1 Å². The molecule has 1 saturated carbocycles. The molecule has 0 amide bonds. The van der Waals surface area contributed by atoms with E-state index in [1.807, 2.05) is 12.3 Å². The molecule has 1 aliphatic carbocycles. The fourth-order valence-corrected chi connectivity index (χ4v) is 5.66. The second kappa shape index (κ2) is 7.19. The molecule has 1 aromatic rings. The summed E-state index contributed by atoms with van der Waals surface area (Å²) in [5.74, 6) is 0. The molecule has 0 bridgehead atoms. The van der Waals surface area contributed by atoms with Crippen LogP contribution in [0, 0.1) is 6.92 Å². The number of thiophene rings is 1. The van der Waals surface area contributed by atoms with Crippen molar-refractivity contribution in [1.29, 1.82) is 0 Å². The Morgan fingerprint density at radius 1 is 1.43 bits per heavy atom. The van der Waals surface area contributed by atoms with E-state index in [0.29, 0.717) is 17.5 Å². The Hall–Kier alpha value is -0.470. The number of rotatable bonds is 7. The SMILES string of the molecule is Cc1csc(CN)c1S(=O)(=O)NCCN(C)C1CCCC1. The van der Waals surface area contributed by atoms with Gasteiger partial charge in [-0.2, -0.15) is 0 Å². The first-order valence-corrected chi connectivity index (χ1v) is 9.79. The molecular weight excluding hydrogens is 306 g/mol. The van der Waals surface area contributed by atoms with Gasteiger partial charge in [-0.05, 0) is 37.8 Å². The fourth-order valence-electron chi connectivity index (χ4n) is 2.95. The Morgan fingerprint density at radius 3 is 2.71 bits per heavy atom. The second-order valence-electron chi connectivity index (χ2n) is 5.69. The first-order valence-electron chi connectivity index (χ1n) is 7.42. The molecule has 0 aliphatic heterocycles. The number of nitrogens with one attached hydrogen (secondary N) is 1. The van der Waals surface area contributed by atoms with E-state index in [1.54, 1.807) is 0 Å². The van der Waals surface area contributed by atoms with Crippen LogP contribution in [0.3, 0.4) is 0 Å². The lowest BCUT2D eigenvalue weighted by molar-refractivity contribution is 0.250. The summed E-state index contributed by atoms with van der Waals surface area (Å²) in [6, 6.07) is 0.608. The van der Waals surface area contributed by atoms with Gasteiger partial charge in [-0.1, -0.05) is 12.8 Å². The molecule has 120 valence electrons. The highest BCUT2D eigenvalue weighted by Gasteiger charge is 2.23. The molecule has 5 nitrogen and oxygen atoms in total. The molecule has 0 unspecified atom stereocenters. The Balaban J connectivity index is 1.93. The van der Waals surface area contributed by atoms with Crippen molar-refractivity contribution in [2.75, 3.05) is 20.1 Å². The number of hydrogen-bond donors (Lipinski definition) is 2. The van der Waals surface area contributed by atoms with Crippen molar-refractivity contribution >= 4 is 21.4 Å². The zero-order chi connectivity index (χ0) is 15.5. The van der Waals surface area contributed by atoms with E-state index in [2.05, 4.69) is 16.7 Å². The first-order chi connectivity index (χ1) is 9.95. The van der Waals surface area contributed by atoms with Crippen molar-refractivity contribution in [1.82, 2.24) is 9.62 Å². The lowest BCUT2D eigenvalue weighted by atomic mass is 10.2. The van der Waals surface area contributed by atoms with Crippen LogP contribution in [-0.4, -0.2) is 39.5 Å². The zero-order valence-electron chi connectivity index (χ0n) is 12.8. The standard InChI is InChI=1S/C14H25N3O2S2/c1-11-10-20-13(9-15)14(11)21(18,19)16-7-8-17(2)12-5-3-4-6-12/h10,12,16H,3-9,15H2,1-2H3. The lowest BCUT2D eigenvalue weighted by Crippen LogP contribution is -2.37. The summed E-state index contributed by atoms with van der Waals surface area (Å²) in [4.78, 5) is 3.36. The molecule has 0 aromatic carbocycles. The maximum Gasteiger partial charge on any atom is 0.242 e. The number of likely N-dealkylation sites (N-methyl/N-ethyl adjacent to an activating group) is 1. The predicted molar refractivity (Wildman–Crippen MR) is 87.0 cm³/mol.